The lowest BCUT2D eigenvalue weighted by molar-refractivity contribution is -0.140. The maximum Gasteiger partial charge on any atom is 0.244 e. The minimum absolute atomic E-state index is 0.0220. The Morgan fingerprint density at radius 1 is 1.71 bits per heavy atom. The number of nitrogens with two attached hydrogens (primary N) is 1. The Morgan fingerprint density at radius 3 is 3.18 bits per heavy atom. The lowest BCUT2D eigenvalue weighted by Gasteiger charge is -2.34. The van der Waals surface area contributed by atoms with E-state index in [9.17, 15) is 4.79 Å². The molecule has 2 heterocycles. The van der Waals surface area contributed by atoms with E-state index in [1.54, 1.807) is 4.90 Å². The molecule has 1 aliphatic heterocycles. The average Bonchev–Trinajstić information content (AvgIpc) is 2.82. The molecule has 1 aromatic heterocycles. The fourth-order valence-corrected chi connectivity index (χ4v) is 1.71. The van der Waals surface area contributed by atoms with Crippen LogP contribution in [0.3, 0.4) is 0 Å². The first-order valence-electron chi connectivity index (χ1n) is 5.52. The summed E-state index contributed by atoms with van der Waals surface area (Å²) in [5.74, 6) is -0.0220. The van der Waals surface area contributed by atoms with Crippen molar-refractivity contribution < 1.29 is 9.53 Å². The van der Waals surface area contributed by atoms with Gasteiger partial charge in [0.1, 0.15) is 12.9 Å². The van der Waals surface area contributed by atoms with Crippen molar-refractivity contribution in [2.45, 2.75) is 25.6 Å². The standard InChI is InChI=1S/C9H16N6O2/c1-7(10)8-4-14(2-3-17-8)9(16)5-15-6-11-12-13-15/h6-8H,2-5,10H2,1H3. The quantitative estimate of drug-likeness (QED) is 0.672. The Hall–Kier alpha value is -1.54. The van der Waals surface area contributed by atoms with E-state index in [1.165, 1.54) is 11.0 Å². The molecular weight excluding hydrogens is 224 g/mol. The highest BCUT2D eigenvalue weighted by molar-refractivity contribution is 5.76. The van der Waals surface area contributed by atoms with Gasteiger partial charge in [0.05, 0.1) is 12.7 Å². The number of amides is 1. The first-order chi connectivity index (χ1) is 8.16. The summed E-state index contributed by atoms with van der Waals surface area (Å²) in [6, 6.07) is -0.0846. The Labute approximate surface area is 98.7 Å². The normalized spacial score (nSPS) is 22.5. The highest BCUT2D eigenvalue weighted by Gasteiger charge is 2.26. The van der Waals surface area contributed by atoms with Gasteiger partial charge in [0.2, 0.25) is 5.91 Å². The molecule has 0 radical (unpaired) electrons. The van der Waals surface area contributed by atoms with Gasteiger partial charge in [-0.1, -0.05) is 0 Å². The molecule has 1 fully saturated rings. The van der Waals surface area contributed by atoms with Crippen LogP contribution in [0.15, 0.2) is 6.33 Å². The van der Waals surface area contributed by atoms with Crippen LogP contribution in [0.1, 0.15) is 6.92 Å². The van der Waals surface area contributed by atoms with Crippen LogP contribution in [0, 0.1) is 0 Å². The molecule has 0 saturated carbocycles. The van der Waals surface area contributed by atoms with Gasteiger partial charge in [-0.25, -0.2) is 4.68 Å². The van der Waals surface area contributed by atoms with Crippen molar-refractivity contribution in [1.29, 1.82) is 0 Å². The summed E-state index contributed by atoms with van der Waals surface area (Å²) in [5.41, 5.74) is 5.77. The third-order valence-electron chi connectivity index (χ3n) is 2.72. The molecule has 0 aliphatic carbocycles. The van der Waals surface area contributed by atoms with Crippen LogP contribution < -0.4 is 5.73 Å². The number of carbonyl (C=O) groups is 1. The topological polar surface area (TPSA) is 99.2 Å². The molecule has 0 aromatic carbocycles. The molecule has 2 N–H and O–H groups in total. The molecular formula is C9H16N6O2. The van der Waals surface area contributed by atoms with Crippen LogP contribution in [0.4, 0.5) is 0 Å². The van der Waals surface area contributed by atoms with Gasteiger partial charge >= 0.3 is 0 Å². The van der Waals surface area contributed by atoms with Crippen LogP contribution in [-0.2, 0) is 16.1 Å². The average molecular weight is 240 g/mol. The maximum absolute atomic E-state index is 11.9. The fraction of sp³-hybridized carbons (Fsp3) is 0.778. The number of carbonyl (C=O) groups excluding carboxylic acids is 1. The Balaban J connectivity index is 1.91. The molecule has 2 rings (SSSR count). The lowest BCUT2D eigenvalue weighted by Crippen LogP contribution is -2.52. The number of hydrogen-bond acceptors (Lipinski definition) is 6. The third-order valence-corrected chi connectivity index (χ3v) is 2.72. The fourth-order valence-electron chi connectivity index (χ4n) is 1.71. The van der Waals surface area contributed by atoms with Gasteiger partial charge in [-0.2, -0.15) is 0 Å². The number of tetrazole rings is 1. The molecule has 1 aromatic rings. The molecule has 8 nitrogen and oxygen atoms in total. The van der Waals surface area contributed by atoms with Crippen molar-refractivity contribution in [2.24, 2.45) is 5.73 Å². The van der Waals surface area contributed by atoms with Crippen molar-refractivity contribution in [3.63, 3.8) is 0 Å². The molecule has 0 spiro atoms. The maximum atomic E-state index is 11.9. The SMILES string of the molecule is CC(N)C1CN(C(=O)Cn2cnnn2)CCO1. The van der Waals surface area contributed by atoms with Crippen molar-refractivity contribution >= 4 is 5.91 Å². The zero-order chi connectivity index (χ0) is 12.3. The van der Waals surface area contributed by atoms with E-state index >= 15 is 0 Å². The summed E-state index contributed by atoms with van der Waals surface area (Å²) in [4.78, 5) is 13.7. The van der Waals surface area contributed by atoms with Gasteiger partial charge in [0, 0.05) is 19.1 Å². The molecule has 1 aliphatic rings. The van der Waals surface area contributed by atoms with Gasteiger partial charge in [0.25, 0.3) is 0 Å². The van der Waals surface area contributed by atoms with Crippen LogP contribution in [0.5, 0.6) is 0 Å². The van der Waals surface area contributed by atoms with Crippen molar-refractivity contribution in [2.75, 3.05) is 19.7 Å². The van der Waals surface area contributed by atoms with Gasteiger partial charge in [-0.15, -0.1) is 5.10 Å². The first-order valence-corrected chi connectivity index (χ1v) is 5.52. The molecule has 1 amide bonds. The summed E-state index contributed by atoms with van der Waals surface area (Å²) >= 11 is 0. The van der Waals surface area contributed by atoms with Gasteiger partial charge in [0.15, 0.2) is 0 Å². The molecule has 1 saturated heterocycles. The molecule has 94 valence electrons. The Morgan fingerprint density at radius 2 is 2.53 bits per heavy atom. The van der Waals surface area contributed by atoms with E-state index in [2.05, 4.69) is 15.5 Å². The monoisotopic (exact) mass is 240 g/mol. The number of ether oxygens (including phenoxy) is 1. The van der Waals surface area contributed by atoms with E-state index < -0.39 is 0 Å². The van der Waals surface area contributed by atoms with Gasteiger partial charge in [-0.3, -0.25) is 4.79 Å². The summed E-state index contributed by atoms with van der Waals surface area (Å²) in [7, 11) is 0. The zero-order valence-corrected chi connectivity index (χ0v) is 9.69. The number of morpholine rings is 1. The van der Waals surface area contributed by atoms with Crippen molar-refractivity contribution in [3.05, 3.63) is 6.33 Å². The molecule has 2 atom stereocenters. The Bertz CT molecular complexity index is 366. The smallest absolute Gasteiger partial charge is 0.244 e. The highest BCUT2D eigenvalue weighted by atomic mass is 16.5. The van der Waals surface area contributed by atoms with Crippen molar-refractivity contribution in [1.82, 2.24) is 25.1 Å². The molecule has 0 bridgehead atoms. The van der Waals surface area contributed by atoms with E-state index in [0.717, 1.165) is 0 Å². The number of nitrogens with zero attached hydrogens (tertiary/aromatic N) is 5. The number of hydrogen-bond donors (Lipinski definition) is 1. The van der Waals surface area contributed by atoms with Crippen LogP contribution in [0.2, 0.25) is 0 Å². The first kappa shape index (κ1) is 11.9. The van der Waals surface area contributed by atoms with Crippen molar-refractivity contribution in [3.8, 4) is 0 Å². The second kappa shape index (κ2) is 5.19. The minimum Gasteiger partial charge on any atom is -0.373 e. The predicted octanol–water partition coefficient (Wildman–Crippen LogP) is -1.75. The predicted molar refractivity (Wildman–Crippen MR) is 57.8 cm³/mol. The van der Waals surface area contributed by atoms with Crippen LogP contribution >= 0.6 is 0 Å². The number of rotatable bonds is 3. The van der Waals surface area contributed by atoms with Gasteiger partial charge < -0.3 is 15.4 Å². The lowest BCUT2D eigenvalue weighted by atomic mass is 10.1. The van der Waals surface area contributed by atoms with Crippen LogP contribution in [0.25, 0.3) is 0 Å². The molecule has 17 heavy (non-hydrogen) atoms. The summed E-state index contributed by atoms with van der Waals surface area (Å²) < 4.78 is 6.89. The highest BCUT2D eigenvalue weighted by Crippen LogP contribution is 2.08. The van der Waals surface area contributed by atoms with E-state index in [1.807, 2.05) is 6.92 Å². The minimum atomic E-state index is -0.0958. The zero-order valence-electron chi connectivity index (χ0n) is 9.69. The van der Waals surface area contributed by atoms with Crippen LogP contribution in [-0.4, -0.2) is 62.9 Å². The second-order valence-electron chi connectivity index (χ2n) is 4.12. The summed E-state index contributed by atoms with van der Waals surface area (Å²) in [6.07, 6.45) is 1.32. The van der Waals surface area contributed by atoms with E-state index in [-0.39, 0.29) is 24.6 Å². The second-order valence-corrected chi connectivity index (χ2v) is 4.12. The Kier molecular flexibility index (Phi) is 3.64. The number of aromatic nitrogens is 4. The largest absolute Gasteiger partial charge is 0.373 e. The van der Waals surface area contributed by atoms with Gasteiger partial charge in [-0.05, 0) is 17.4 Å². The van der Waals surface area contributed by atoms with E-state index in [0.29, 0.717) is 19.7 Å². The summed E-state index contributed by atoms with van der Waals surface area (Å²) in [6.45, 7) is 3.66. The molecule has 8 heteroatoms. The van der Waals surface area contributed by atoms with E-state index in [4.69, 9.17) is 10.5 Å². The third kappa shape index (κ3) is 2.98. The molecule has 2 unspecified atom stereocenters. The summed E-state index contributed by atoms with van der Waals surface area (Å²) in [5, 5.41) is 10.6.